The van der Waals surface area contributed by atoms with E-state index in [-0.39, 0.29) is 6.04 Å². The fraction of sp³-hybridized carbons (Fsp3) is 0.400. The van der Waals surface area contributed by atoms with Gasteiger partial charge >= 0.3 is 0 Å². The Morgan fingerprint density at radius 3 is 3.05 bits per heavy atom. The summed E-state index contributed by atoms with van der Waals surface area (Å²) in [5, 5.41) is 7.94. The third-order valence-corrected chi connectivity index (χ3v) is 3.89. The van der Waals surface area contributed by atoms with E-state index in [2.05, 4.69) is 20.2 Å². The molecule has 4 rings (SSSR count). The maximum atomic E-state index is 5.41. The molecule has 0 amide bonds. The molecule has 1 aliphatic rings. The van der Waals surface area contributed by atoms with Crippen LogP contribution in [0.5, 0.6) is 0 Å². The Balaban J connectivity index is 1.50. The smallest absolute Gasteiger partial charge is 0.241 e. The first-order valence-electron chi connectivity index (χ1n) is 7.33. The van der Waals surface area contributed by atoms with Crippen molar-refractivity contribution in [2.75, 3.05) is 6.54 Å². The number of aromatic nitrogens is 3. The van der Waals surface area contributed by atoms with Gasteiger partial charge in [-0.05, 0) is 38.4 Å². The molecule has 4 heterocycles. The zero-order valence-corrected chi connectivity index (χ0v) is 12.2. The lowest BCUT2D eigenvalue weighted by atomic mass is 10.1. The van der Waals surface area contributed by atoms with Crippen LogP contribution in [-0.4, -0.2) is 26.7 Å². The molecule has 0 aliphatic carbocycles. The minimum atomic E-state index is 0.222. The molecule has 0 bridgehead atoms. The Bertz CT molecular complexity index is 747. The number of rotatable bonds is 4. The largest absolute Gasteiger partial charge is 0.461 e. The second-order valence-corrected chi connectivity index (χ2v) is 5.49. The van der Waals surface area contributed by atoms with Crippen molar-refractivity contribution in [1.82, 2.24) is 20.2 Å². The third-order valence-electron chi connectivity index (χ3n) is 3.89. The van der Waals surface area contributed by atoms with Crippen LogP contribution in [0.25, 0.3) is 11.6 Å². The minimum absolute atomic E-state index is 0.222. The monoisotopic (exact) mass is 300 g/mol. The number of hydrogen-bond donors (Lipinski definition) is 0. The quantitative estimate of drug-likeness (QED) is 0.732. The maximum Gasteiger partial charge on any atom is 0.241 e. The topological polar surface area (TPSA) is 81.3 Å². The van der Waals surface area contributed by atoms with E-state index >= 15 is 0 Å². The first-order valence-corrected chi connectivity index (χ1v) is 7.33. The van der Waals surface area contributed by atoms with Crippen LogP contribution >= 0.6 is 0 Å². The van der Waals surface area contributed by atoms with Crippen molar-refractivity contribution in [2.45, 2.75) is 32.4 Å². The van der Waals surface area contributed by atoms with Gasteiger partial charge in [-0.3, -0.25) is 4.90 Å². The lowest BCUT2D eigenvalue weighted by Crippen LogP contribution is -2.22. The highest BCUT2D eigenvalue weighted by atomic mass is 16.5. The van der Waals surface area contributed by atoms with Crippen molar-refractivity contribution < 1.29 is 13.5 Å². The molecular weight excluding hydrogens is 284 g/mol. The molecule has 1 saturated heterocycles. The van der Waals surface area contributed by atoms with Crippen molar-refractivity contribution in [3.05, 3.63) is 41.8 Å². The van der Waals surface area contributed by atoms with Crippen LogP contribution in [0.2, 0.25) is 0 Å². The molecule has 0 saturated carbocycles. The first kappa shape index (κ1) is 13.3. The molecule has 0 radical (unpaired) electrons. The first-order chi connectivity index (χ1) is 10.8. The molecule has 7 nitrogen and oxygen atoms in total. The number of likely N-dealkylation sites (tertiary alicyclic amines) is 1. The highest BCUT2D eigenvalue weighted by Gasteiger charge is 2.30. The van der Waals surface area contributed by atoms with E-state index in [1.807, 2.05) is 19.1 Å². The molecule has 3 aromatic rings. The number of furan rings is 1. The fourth-order valence-electron chi connectivity index (χ4n) is 2.88. The minimum Gasteiger partial charge on any atom is -0.461 e. The Hall–Kier alpha value is -2.41. The molecular formula is C15H16N4O3. The van der Waals surface area contributed by atoms with Gasteiger partial charge in [-0.15, -0.1) is 0 Å². The summed E-state index contributed by atoms with van der Waals surface area (Å²) in [5.41, 5.74) is 0.903. The van der Waals surface area contributed by atoms with Gasteiger partial charge < -0.3 is 13.5 Å². The van der Waals surface area contributed by atoms with E-state index in [0.29, 0.717) is 24.0 Å². The summed E-state index contributed by atoms with van der Waals surface area (Å²) in [4.78, 5) is 6.67. The van der Waals surface area contributed by atoms with Gasteiger partial charge in [-0.1, -0.05) is 10.3 Å². The van der Waals surface area contributed by atoms with Gasteiger partial charge in [0.15, 0.2) is 11.5 Å². The summed E-state index contributed by atoms with van der Waals surface area (Å²) in [7, 11) is 0. The van der Waals surface area contributed by atoms with Gasteiger partial charge in [0.2, 0.25) is 11.7 Å². The Kier molecular flexibility index (Phi) is 3.27. The summed E-state index contributed by atoms with van der Waals surface area (Å²) in [6.07, 6.45) is 3.76. The van der Waals surface area contributed by atoms with E-state index < -0.39 is 0 Å². The summed E-state index contributed by atoms with van der Waals surface area (Å²) in [6.45, 7) is 3.50. The Labute approximate surface area is 126 Å². The summed E-state index contributed by atoms with van der Waals surface area (Å²) in [6, 6.07) is 5.82. The number of nitrogens with zero attached hydrogens (tertiary/aromatic N) is 4. The molecule has 0 aromatic carbocycles. The number of hydrogen-bond acceptors (Lipinski definition) is 7. The Morgan fingerprint density at radius 2 is 2.27 bits per heavy atom. The van der Waals surface area contributed by atoms with Crippen molar-refractivity contribution in [1.29, 1.82) is 0 Å². The SMILES string of the molecule is Cc1cc([C@H]2CCCN2Cc2nc(-c3ccco3)no2)on1. The highest BCUT2D eigenvalue weighted by molar-refractivity contribution is 5.44. The molecule has 1 aliphatic heterocycles. The molecule has 22 heavy (non-hydrogen) atoms. The molecule has 0 unspecified atom stereocenters. The zero-order valence-electron chi connectivity index (χ0n) is 12.2. The molecule has 1 atom stereocenters. The van der Waals surface area contributed by atoms with Gasteiger partial charge in [-0.25, -0.2) is 0 Å². The Morgan fingerprint density at radius 1 is 1.32 bits per heavy atom. The van der Waals surface area contributed by atoms with Crippen LogP contribution < -0.4 is 0 Å². The van der Waals surface area contributed by atoms with Crippen LogP contribution in [0, 0.1) is 6.92 Å². The third kappa shape index (κ3) is 2.43. The average Bonchev–Trinajstić information content (AvgIpc) is 3.26. The van der Waals surface area contributed by atoms with Crippen molar-refractivity contribution >= 4 is 0 Å². The van der Waals surface area contributed by atoms with Gasteiger partial charge in [0.05, 0.1) is 24.5 Å². The lowest BCUT2D eigenvalue weighted by Gasteiger charge is -2.19. The van der Waals surface area contributed by atoms with E-state index in [0.717, 1.165) is 30.8 Å². The van der Waals surface area contributed by atoms with E-state index in [4.69, 9.17) is 13.5 Å². The molecule has 1 fully saturated rings. The molecule has 3 aromatic heterocycles. The predicted octanol–water partition coefficient (Wildman–Crippen LogP) is 2.96. The van der Waals surface area contributed by atoms with Crippen molar-refractivity contribution in [3.8, 4) is 11.6 Å². The number of aryl methyl sites for hydroxylation is 1. The fourth-order valence-corrected chi connectivity index (χ4v) is 2.88. The second kappa shape index (κ2) is 5.42. The summed E-state index contributed by atoms with van der Waals surface area (Å²) in [5.74, 6) is 2.57. The van der Waals surface area contributed by atoms with Gasteiger partial charge in [0, 0.05) is 6.07 Å². The van der Waals surface area contributed by atoms with Crippen LogP contribution in [0.1, 0.15) is 36.2 Å². The summed E-state index contributed by atoms with van der Waals surface area (Å²) < 4.78 is 16.0. The van der Waals surface area contributed by atoms with Gasteiger partial charge in [-0.2, -0.15) is 4.98 Å². The highest BCUT2D eigenvalue weighted by Crippen LogP contribution is 2.33. The molecule has 7 heteroatoms. The van der Waals surface area contributed by atoms with E-state index in [9.17, 15) is 0 Å². The zero-order chi connectivity index (χ0) is 14.9. The lowest BCUT2D eigenvalue weighted by molar-refractivity contribution is 0.183. The summed E-state index contributed by atoms with van der Waals surface area (Å²) >= 11 is 0. The maximum absolute atomic E-state index is 5.41. The van der Waals surface area contributed by atoms with Crippen LogP contribution in [0.15, 0.2) is 37.9 Å². The van der Waals surface area contributed by atoms with Crippen molar-refractivity contribution in [3.63, 3.8) is 0 Å². The van der Waals surface area contributed by atoms with E-state index in [1.165, 1.54) is 0 Å². The predicted molar refractivity (Wildman–Crippen MR) is 75.6 cm³/mol. The molecule has 0 spiro atoms. The molecule has 0 N–H and O–H groups in total. The van der Waals surface area contributed by atoms with Gasteiger partial charge in [0.1, 0.15) is 0 Å². The van der Waals surface area contributed by atoms with Crippen LogP contribution in [0.4, 0.5) is 0 Å². The second-order valence-electron chi connectivity index (χ2n) is 5.49. The van der Waals surface area contributed by atoms with Gasteiger partial charge in [0.25, 0.3) is 0 Å². The molecule has 114 valence electrons. The van der Waals surface area contributed by atoms with Crippen molar-refractivity contribution in [2.24, 2.45) is 0 Å². The standard InChI is InChI=1S/C15H16N4O3/c1-10-8-13(21-17-10)11-4-2-6-19(11)9-14-16-15(18-22-14)12-5-3-7-20-12/h3,5,7-8,11H,2,4,6,9H2,1H3/t11-/m1/s1. The average molecular weight is 300 g/mol. The van der Waals surface area contributed by atoms with Crippen LogP contribution in [-0.2, 0) is 6.54 Å². The normalized spacial score (nSPS) is 19.0. The van der Waals surface area contributed by atoms with E-state index in [1.54, 1.807) is 12.3 Å². The van der Waals surface area contributed by atoms with Crippen LogP contribution in [0.3, 0.4) is 0 Å².